The molecule has 1 fully saturated rings. The van der Waals surface area contributed by atoms with Gasteiger partial charge in [0.15, 0.2) is 5.78 Å². The Balaban J connectivity index is 3.32. The quantitative estimate of drug-likeness (QED) is 0.698. The standard InChI is InChI=1S/C11H17NO4/c1-5-11(10(15)16)8(13)6(2)7(3)12(4)9(11)14/h6-7H,5H2,1-4H3,(H,15,16). The first-order valence-electron chi connectivity index (χ1n) is 5.35. The first-order valence-corrected chi connectivity index (χ1v) is 5.35. The van der Waals surface area contributed by atoms with Crippen molar-refractivity contribution in [2.75, 3.05) is 7.05 Å². The number of likely N-dealkylation sites (tertiary alicyclic amines) is 1. The van der Waals surface area contributed by atoms with Gasteiger partial charge in [-0.1, -0.05) is 13.8 Å². The van der Waals surface area contributed by atoms with E-state index in [0.717, 1.165) is 0 Å². The van der Waals surface area contributed by atoms with E-state index in [2.05, 4.69) is 0 Å². The van der Waals surface area contributed by atoms with E-state index in [0.29, 0.717) is 0 Å². The van der Waals surface area contributed by atoms with E-state index in [1.54, 1.807) is 27.8 Å². The van der Waals surface area contributed by atoms with Crippen molar-refractivity contribution >= 4 is 17.7 Å². The summed E-state index contributed by atoms with van der Waals surface area (Å²) in [6.45, 7) is 4.98. The van der Waals surface area contributed by atoms with Gasteiger partial charge in [-0.2, -0.15) is 0 Å². The van der Waals surface area contributed by atoms with Gasteiger partial charge in [0.05, 0.1) is 0 Å². The lowest BCUT2D eigenvalue weighted by molar-refractivity contribution is -0.172. The Morgan fingerprint density at radius 1 is 1.44 bits per heavy atom. The number of ketones is 1. The smallest absolute Gasteiger partial charge is 0.326 e. The van der Waals surface area contributed by atoms with Gasteiger partial charge in [0.1, 0.15) is 0 Å². The molecule has 0 aromatic carbocycles. The van der Waals surface area contributed by atoms with E-state index in [-0.39, 0.29) is 12.5 Å². The summed E-state index contributed by atoms with van der Waals surface area (Å²) < 4.78 is 0. The lowest BCUT2D eigenvalue weighted by Gasteiger charge is -2.42. The monoisotopic (exact) mass is 227 g/mol. The first-order chi connectivity index (χ1) is 7.30. The third-order valence-electron chi connectivity index (χ3n) is 3.75. The van der Waals surface area contributed by atoms with Gasteiger partial charge >= 0.3 is 5.97 Å². The van der Waals surface area contributed by atoms with Crippen LogP contribution in [0.25, 0.3) is 0 Å². The molecule has 3 atom stereocenters. The van der Waals surface area contributed by atoms with Gasteiger partial charge in [-0.15, -0.1) is 0 Å². The summed E-state index contributed by atoms with van der Waals surface area (Å²) in [7, 11) is 1.54. The second kappa shape index (κ2) is 3.88. The maximum Gasteiger partial charge on any atom is 0.326 e. The number of carboxylic acid groups (broad SMARTS) is 1. The number of carbonyl (C=O) groups is 3. The molecule has 1 aliphatic heterocycles. The highest BCUT2D eigenvalue weighted by molar-refractivity contribution is 6.23. The van der Waals surface area contributed by atoms with Crippen LogP contribution in [0, 0.1) is 11.3 Å². The van der Waals surface area contributed by atoms with Crippen molar-refractivity contribution < 1.29 is 19.5 Å². The summed E-state index contributed by atoms with van der Waals surface area (Å²) >= 11 is 0. The number of aliphatic carboxylic acids is 1. The Kier molecular flexibility index (Phi) is 3.08. The fourth-order valence-corrected chi connectivity index (χ4v) is 2.21. The number of carbonyl (C=O) groups excluding carboxylic acids is 2. The van der Waals surface area contributed by atoms with Crippen molar-refractivity contribution in [1.29, 1.82) is 0 Å². The molecule has 16 heavy (non-hydrogen) atoms. The SMILES string of the molecule is CCC1(C(=O)O)C(=O)C(C)C(C)N(C)C1=O. The predicted octanol–water partition coefficient (Wildman–Crippen LogP) is 0.533. The third-order valence-corrected chi connectivity index (χ3v) is 3.75. The Morgan fingerprint density at radius 3 is 2.31 bits per heavy atom. The molecule has 0 saturated carbocycles. The Hall–Kier alpha value is -1.39. The minimum Gasteiger partial charge on any atom is -0.480 e. The number of amides is 1. The second-order valence-electron chi connectivity index (χ2n) is 4.37. The molecule has 1 N–H and O–H groups in total. The molecule has 0 aliphatic carbocycles. The van der Waals surface area contributed by atoms with Gasteiger partial charge in [-0.25, -0.2) is 0 Å². The molecule has 3 unspecified atom stereocenters. The highest BCUT2D eigenvalue weighted by Crippen LogP contribution is 2.36. The van der Waals surface area contributed by atoms with Crippen molar-refractivity contribution in [3.63, 3.8) is 0 Å². The fourth-order valence-electron chi connectivity index (χ4n) is 2.21. The van der Waals surface area contributed by atoms with Crippen LogP contribution in [0.5, 0.6) is 0 Å². The van der Waals surface area contributed by atoms with Crippen LogP contribution in [-0.2, 0) is 14.4 Å². The Morgan fingerprint density at radius 2 is 1.94 bits per heavy atom. The van der Waals surface area contributed by atoms with E-state index in [4.69, 9.17) is 0 Å². The van der Waals surface area contributed by atoms with Gasteiger partial charge in [-0.05, 0) is 13.3 Å². The molecule has 1 rings (SSSR count). The van der Waals surface area contributed by atoms with Crippen molar-refractivity contribution in [3.8, 4) is 0 Å². The highest BCUT2D eigenvalue weighted by Gasteiger charge is 2.58. The minimum atomic E-state index is -1.87. The van der Waals surface area contributed by atoms with Crippen molar-refractivity contribution in [2.45, 2.75) is 33.2 Å². The lowest BCUT2D eigenvalue weighted by Crippen LogP contribution is -2.62. The van der Waals surface area contributed by atoms with Crippen LogP contribution in [0.15, 0.2) is 0 Å². The number of hydrogen-bond acceptors (Lipinski definition) is 3. The van der Waals surface area contributed by atoms with E-state index < -0.39 is 29.0 Å². The molecule has 0 aromatic rings. The van der Waals surface area contributed by atoms with E-state index in [1.807, 2.05) is 0 Å². The summed E-state index contributed by atoms with van der Waals surface area (Å²) in [5, 5.41) is 9.18. The number of hydrogen-bond donors (Lipinski definition) is 1. The molecule has 1 heterocycles. The minimum absolute atomic E-state index is 0.00139. The van der Waals surface area contributed by atoms with Gasteiger partial charge in [0.2, 0.25) is 11.3 Å². The van der Waals surface area contributed by atoms with Crippen LogP contribution in [-0.4, -0.2) is 40.8 Å². The van der Waals surface area contributed by atoms with Crippen LogP contribution >= 0.6 is 0 Å². The normalized spacial score (nSPS) is 35.4. The van der Waals surface area contributed by atoms with Crippen LogP contribution in [0.1, 0.15) is 27.2 Å². The summed E-state index contributed by atoms with van der Waals surface area (Å²) in [6.07, 6.45) is 0.00139. The highest BCUT2D eigenvalue weighted by atomic mass is 16.4. The Labute approximate surface area is 94.4 Å². The topological polar surface area (TPSA) is 74.7 Å². The summed E-state index contributed by atoms with van der Waals surface area (Å²) in [5.41, 5.74) is -1.87. The largest absolute Gasteiger partial charge is 0.480 e. The number of Topliss-reactive ketones (excluding diaryl/α,β-unsaturated/α-hetero) is 1. The molecule has 90 valence electrons. The number of carboxylic acids is 1. The van der Waals surface area contributed by atoms with Gasteiger partial charge in [0, 0.05) is 19.0 Å². The number of nitrogens with zero attached hydrogens (tertiary/aromatic N) is 1. The predicted molar refractivity (Wildman–Crippen MR) is 56.8 cm³/mol. The van der Waals surface area contributed by atoms with Gasteiger partial charge < -0.3 is 10.0 Å². The number of piperidine rings is 1. The van der Waals surface area contributed by atoms with E-state index in [9.17, 15) is 19.5 Å². The average Bonchev–Trinajstić information content (AvgIpc) is 2.25. The van der Waals surface area contributed by atoms with E-state index in [1.165, 1.54) is 4.90 Å². The second-order valence-corrected chi connectivity index (χ2v) is 4.37. The fraction of sp³-hybridized carbons (Fsp3) is 0.727. The van der Waals surface area contributed by atoms with Crippen LogP contribution in [0.4, 0.5) is 0 Å². The molecule has 5 heteroatoms. The maximum absolute atomic E-state index is 12.1. The molecule has 5 nitrogen and oxygen atoms in total. The average molecular weight is 227 g/mol. The molecular formula is C11H17NO4. The van der Waals surface area contributed by atoms with E-state index >= 15 is 0 Å². The molecule has 0 aromatic heterocycles. The molecule has 1 amide bonds. The zero-order chi connectivity index (χ0) is 12.7. The molecular weight excluding hydrogens is 210 g/mol. The van der Waals surface area contributed by atoms with Crippen LogP contribution in [0.2, 0.25) is 0 Å². The van der Waals surface area contributed by atoms with Gasteiger partial charge in [0.25, 0.3) is 0 Å². The summed E-state index contributed by atoms with van der Waals surface area (Å²) in [6, 6.07) is -0.251. The summed E-state index contributed by atoms with van der Waals surface area (Å²) in [5.74, 6) is -2.86. The zero-order valence-electron chi connectivity index (χ0n) is 9.98. The van der Waals surface area contributed by atoms with Gasteiger partial charge in [-0.3, -0.25) is 14.4 Å². The van der Waals surface area contributed by atoms with Crippen molar-refractivity contribution in [2.24, 2.45) is 11.3 Å². The molecule has 0 bridgehead atoms. The molecule has 0 spiro atoms. The summed E-state index contributed by atoms with van der Waals surface area (Å²) in [4.78, 5) is 36.7. The third kappa shape index (κ3) is 1.34. The lowest BCUT2D eigenvalue weighted by atomic mass is 9.70. The number of rotatable bonds is 2. The molecule has 1 saturated heterocycles. The van der Waals surface area contributed by atoms with Crippen LogP contribution < -0.4 is 0 Å². The van der Waals surface area contributed by atoms with Crippen molar-refractivity contribution in [3.05, 3.63) is 0 Å². The Bertz CT molecular complexity index is 328. The van der Waals surface area contributed by atoms with Crippen LogP contribution in [0.3, 0.4) is 0 Å². The molecule has 0 radical (unpaired) electrons. The molecule has 1 aliphatic rings. The first kappa shape index (κ1) is 12.7. The zero-order valence-corrected chi connectivity index (χ0v) is 9.98. The van der Waals surface area contributed by atoms with Crippen molar-refractivity contribution in [1.82, 2.24) is 4.90 Å². The maximum atomic E-state index is 12.1.